The van der Waals surface area contributed by atoms with Gasteiger partial charge in [0.15, 0.2) is 47.1 Å². The van der Waals surface area contributed by atoms with Crippen molar-refractivity contribution < 1.29 is 40.0 Å². The largest absolute Gasteiger partial charge is 0.437 e. The van der Waals surface area contributed by atoms with Gasteiger partial charge in [-0.2, -0.15) is 0 Å². The highest BCUT2D eigenvalue weighted by Gasteiger charge is 2.28. The molecule has 0 aliphatic rings. The third kappa shape index (κ3) is 11.9. The number of aromatic nitrogens is 8. The number of aryl methyl sites for hydroxylation is 19. The summed E-state index contributed by atoms with van der Waals surface area (Å²) in [5, 5.41) is 8.76. The Morgan fingerprint density at radius 2 is 0.694 bits per heavy atom. The molecule has 12 heteroatoms. The van der Waals surface area contributed by atoms with Crippen molar-refractivity contribution in [1.29, 1.82) is 0 Å². The lowest BCUT2D eigenvalue weighted by Crippen LogP contribution is -2.31. The third-order valence-corrected chi connectivity index (χ3v) is 19.3. The van der Waals surface area contributed by atoms with Gasteiger partial charge in [-0.15, -0.1) is 0 Å². The Kier molecular flexibility index (Phi) is 16.3. The van der Waals surface area contributed by atoms with Crippen LogP contribution in [-0.4, -0.2) is 19.9 Å². The van der Waals surface area contributed by atoms with Gasteiger partial charge in [-0.3, -0.25) is 0 Å². The Bertz CT molecular complexity index is 6050. The molecule has 0 aliphatic heterocycles. The molecule has 98 heavy (non-hydrogen) atoms. The second-order valence-corrected chi connectivity index (χ2v) is 27.4. The molecular formula is C86H88N8O4+4. The molecule has 0 unspecified atom stereocenters. The summed E-state index contributed by atoms with van der Waals surface area (Å²) in [6.07, 6.45) is 8.12. The van der Waals surface area contributed by atoms with Crippen LogP contribution in [0.3, 0.4) is 0 Å². The van der Waals surface area contributed by atoms with Gasteiger partial charge in [-0.1, -0.05) is 44.2 Å². The molecule has 0 amide bonds. The molecular weight excluding hydrogens is 1210 g/mol. The topological polar surface area (TPSA) is 120 Å². The monoisotopic (exact) mass is 1300 g/mol. The number of hydrogen-bond donors (Lipinski definition) is 0. The number of fused-ring (bicyclic) bond motifs is 12. The van der Waals surface area contributed by atoms with E-state index in [-0.39, 0.29) is 0 Å². The summed E-state index contributed by atoms with van der Waals surface area (Å²) in [6, 6.07) is 41.9. The molecule has 0 saturated carbocycles. The summed E-state index contributed by atoms with van der Waals surface area (Å²) in [6.45, 7) is 31.6. The Labute approximate surface area is 577 Å². The average molecular weight is 1300 g/mol. The van der Waals surface area contributed by atoms with E-state index in [9.17, 15) is 0 Å². The van der Waals surface area contributed by atoms with Crippen molar-refractivity contribution in [2.75, 3.05) is 0 Å². The quantitative estimate of drug-likeness (QED) is 0.156. The number of hydrogen-bond acceptors (Lipinski definition) is 8. The minimum atomic E-state index is -2.13. The van der Waals surface area contributed by atoms with Crippen LogP contribution in [0.2, 0.25) is 0 Å². The Balaban J connectivity index is 0.000000120. The highest BCUT2D eigenvalue weighted by Crippen LogP contribution is 2.43. The zero-order valence-corrected chi connectivity index (χ0v) is 60.1. The van der Waals surface area contributed by atoms with Crippen molar-refractivity contribution in [2.24, 2.45) is 28.2 Å². The Morgan fingerprint density at radius 1 is 0.316 bits per heavy atom. The zero-order valence-electron chi connectivity index (χ0n) is 63.1. The van der Waals surface area contributed by atoms with E-state index in [0.29, 0.717) is 17.2 Å². The normalized spacial score (nSPS) is 12.2. The van der Waals surface area contributed by atoms with Crippen molar-refractivity contribution in [3.8, 4) is 45.0 Å². The van der Waals surface area contributed by atoms with E-state index >= 15 is 0 Å². The van der Waals surface area contributed by atoms with Crippen molar-refractivity contribution in [3.05, 3.63) is 236 Å². The molecule has 0 fully saturated rings. The summed E-state index contributed by atoms with van der Waals surface area (Å²) in [7, 11) is 8.12. The lowest BCUT2D eigenvalue weighted by Gasteiger charge is -2.10. The van der Waals surface area contributed by atoms with E-state index in [2.05, 4.69) is 228 Å². The molecule has 0 spiro atoms. The molecule has 12 nitrogen and oxygen atoms in total. The van der Waals surface area contributed by atoms with Gasteiger partial charge in [-0.25, -0.2) is 38.2 Å². The Morgan fingerprint density at radius 3 is 1.14 bits per heavy atom. The van der Waals surface area contributed by atoms with E-state index in [1.165, 1.54) is 83.2 Å². The van der Waals surface area contributed by atoms with Crippen LogP contribution in [0.25, 0.3) is 133 Å². The first-order valence-corrected chi connectivity index (χ1v) is 33.6. The van der Waals surface area contributed by atoms with E-state index in [0.717, 1.165) is 128 Å². The predicted octanol–water partition coefficient (Wildman–Crippen LogP) is 19.6. The van der Waals surface area contributed by atoms with Gasteiger partial charge in [0, 0.05) is 117 Å². The number of furan rings is 4. The second-order valence-electron chi connectivity index (χ2n) is 27.4. The van der Waals surface area contributed by atoms with Gasteiger partial charge < -0.3 is 17.7 Å². The van der Waals surface area contributed by atoms with Crippen LogP contribution < -0.4 is 18.3 Å². The first-order valence-electron chi connectivity index (χ1n) is 35.1. The van der Waals surface area contributed by atoms with Gasteiger partial charge in [0.05, 0.1) is 22.3 Å². The maximum Gasteiger partial charge on any atom is 0.227 e. The maximum absolute atomic E-state index is 7.60. The van der Waals surface area contributed by atoms with Gasteiger partial charge in [0.1, 0.15) is 28.2 Å². The van der Waals surface area contributed by atoms with E-state index in [1.807, 2.05) is 82.6 Å². The maximum atomic E-state index is 7.60. The fourth-order valence-electron chi connectivity index (χ4n) is 14.2. The lowest BCUT2D eigenvalue weighted by atomic mass is 9.95. The van der Waals surface area contributed by atoms with Crippen LogP contribution in [-0.2, 0) is 28.2 Å². The van der Waals surface area contributed by atoms with Crippen molar-refractivity contribution >= 4 is 88.3 Å². The van der Waals surface area contributed by atoms with Crippen molar-refractivity contribution in [1.82, 2.24) is 19.9 Å². The number of nitrogens with zero attached hydrogens (tertiary/aromatic N) is 8. The summed E-state index contributed by atoms with van der Waals surface area (Å²) >= 11 is 0. The molecule has 0 saturated heterocycles. The molecule has 4 aromatic carbocycles. The molecule has 16 rings (SSSR count). The van der Waals surface area contributed by atoms with Gasteiger partial charge in [-0.05, 0) is 220 Å². The fraction of sp³-hybridized carbons (Fsp3) is 0.256. The van der Waals surface area contributed by atoms with Crippen molar-refractivity contribution in [3.63, 3.8) is 0 Å². The van der Waals surface area contributed by atoms with E-state index in [4.69, 9.17) is 21.8 Å². The Hall–Kier alpha value is -10.7. The van der Waals surface area contributed by atoms with Crippen LogP contribution in [0, 0.1) is 104 Å². The number of rotatable bonds is 5. The summed E-state index contributed by atoms with van der Waals surface area (Å²) in [5.74, 6) is 0.483. The summed E-state index contributed by atoms with van der Waals surface area (Å²) in [5.41, 5.74) is 32.8. The van der Waals surface area contributed by atoms with Crippen LogP contribution in [0.1, 0.15) is 113 Å². The number of benzene rings is 4. The first-order chi connectivity index (χ1) is 47.9. The van der Waals surface area contributed by atoms with Gasteiger partial charge in [0.25, 0.3) is 0 Å². The number of pyridine rings is 8. The van der Waals surface area contributed by atoms with Crippen LogP contribution >= 0.6 is 0 Å². The predicted molar refractivity (Wildman–Crippen MR) is 398 cm³/mol. The molecule has 492 valence electrons. The highest BCUT2D eigenvalue weighted by atomic mass is 16.4. The molecule has 0 aliphatic carbocycles. The van der Waals surface area contributed by atoms with Crippen molar-refractivity contribution in [2.45, 2.75) is 124 Å². The first kappa shape index (κ1) is 62.1. The average Bonchev–Trinajstić information content (AvgIpc) is 1.64. The van der Waals surface area contributed by atoms with Crippen LogP contribution in [0.5, 0.6) is 0 Å². The summed E-state index contributed by atoms with van der Waals surface area (Å²) in [4.78, 5) is 18.3. The minimum absolute atomic E-state index is 0.315. The molecule has 0 atom stereocenters. The molecule has 12 heterocycles. The highest BCUT2D eigenvalue weighted by molar-refractivity contribution is 6.13. The SMILES string of the molecule is Cc1ccc(-c2c(C)cc(C)c3c2oc2nc(C)ccc23)[n+](C)c1.Cc1ccc2c(n1)oc1c(-c3cc(C(C)C)cc[n+]3C)c(C)cc(C)c12.Cc1ccc2c(n1)oc1c(-c3cc(C)c(C)c[n+]3C)c(C)cc(C)c12.[2H]C([2H])([2H])c1ccc(-c2c(C)ccc3c2oc2nc(C)ccc23)[n+](C)c1. The molecule has 0 N–H and O–H groups in total. The van der Waals surface area contributed by atoms with E-state index in [1.54, 1.807) is 12.3 Å². The second kappa shape index (κ2) is 25.7. The van der Waals surface area contributed by atoms with E-state index < -0.39 is 6.85 Å². The molecule has 0 bridgehead atoms. The molecule has 12 aromatic heterocycles. The fourth-order valence-corrected chi connectivity index (χ4v) is 14.2. The van der Waals surface area contributed by atoms with Crippen LogP contribution in [0.15, 0.2) is 164 Å². The smallest absolute Gasteiger partial charge is 0.227 e. The lowest BCUT2D eigenvalue weighted by molar-refractivity contribution is -0.660. The summed E-state index contributed by atoms with van der Waals surface area (Å²) < 4.78 is 56.1. The molecule has 16 aromatic rings. The minimum Gasteiger partial charge on any atom is -0.437 e. The third-order valence-electron chi connectivity index (χ3n) is 19.3. The van der Waals surface area contributed by atoms with Gasteiger partial charge in [0.2, 0.25) is 45.6 Å². The standard InChI is InChI=1S/C23H25N2O.C22H23N2O.C21H21N2O.C20H19N2O/c1-13(2)17-9-10-25(6)19(12-17)21-15(4)11-14(3)20-18-8-7-16(5)24-23(18)26-22(20)21;1-12-10-18(24(6)11-15(12)4)20-14(3)9-13(2)19-17-8-7-16(5)23-22(17)25-21(19)20;1-12-6-9-17(23(5)11-12)19-14(3)10-13(2)18-16-8-7-15(4)22-21(16)24-20(18)19;1-12-5-10-17(22(4)11-12)18-13(2)6-8-15-16-9-7-14(3)21-20(16)23-19(15)18/h7-13H,1-6H3;7-11H,1-6H3;6-11H,1-5H3;5-11H,1-4H3/q4*+1/i;;;1D3. The van der Waals surface area contributed by atoms with Gasteiger partial charge >= 0.3 is 0 Å². The van der Waals surface area contributed by atoms with Crippen LogP contribution in [0.4, 0.5) is 0 Å². The molecule has 0 radical (unpaired) electrons. The zero-order chi connectivity index (χ0) is 72.1.